The predicted molar refractivity (Wildman–Crippen MR) is 58.9 cm³/mol. The fraction of sp³-hybridized carbons (Fsp3) is 0.222. The van der Waals surface area contributed by atoms with Gasteiger partial charge in [0.25, 0.3) is 0 Å². The first kappa shape index (κ1) is 14.1. The van der Waals surface area contributed by atoms with Crippen molar-refractivity contribution in [1.82, 2.24) is 0 Å². The molecule has 0 aliphatic carbocycles. The molecule has 0 aromatic heterocycles. The van der Waals surface area contributed by atoms with Crippen LogP contribution in [-0.2, 0) is 16.2 Å². The molecule has 1 aromatic rings. The molecule has 1 aromatic carbocycles. The van der Waals surface area contributed by atoms with Gasteiger partial charge in [-0.25, -0.2) is 8.42 Å². The maximum absolute atomic E-state index is 12.5. The number of nitrogens with one attached hydrogen (secondary N) is 1. The van der Waals surface area contributed by atoms with E-state index >= 15 is 0 Å². The molecule has 0 saturated carbocycles. The summed E-state index contributed by atoms with van der Waals surface area (Å²) in [5.74, 6) is -0.848. The smallest absolute Gasteiger partial charge is 0.398 e. The quantitative estimate of drug-likeness (QED) is 0.820. The fourth-order valence-corrected chi connectivity index (χ4v) is 1.89. The van der Waals surface area contributed by atoms with Crippen molar-refractivity contribution in [3.8, 4) is 6.07 Å². The number of hydrogen-bond donors (Lipinski definition) is 2. The number of nitriles is 1. The second-order valence-corrected chi connectivity index (χ2v) is 5.04. The van der Waals surface area contributed by atoms with E-state index in [1.807, 2.05) is 4.72 Å². The molecule has 0 atom stereocenters. The highest BCUT2D eigenvalue weighted by Gasteiger charge is 2.33. The lowest BCUT2D eigenvalue weighted by Gasteiger charge is -2.12. The minimum Gasteiger partial charge on any atom is -0.398 e. The van der Waals surface area contributed by atoms with E-state index in [2.05, 4.69) is 0 Å². The van der Waals surface area contributed by atoms with Gasteiger partial charge >= 0.3 is 6.18 Å². The van der Waals surface area contributed by atoms with Crippen molar-refractivity contribution in [2.24, 2.45) is 0 Å². The van der Waals surface area contributed by atoms with Crippen LogP contribution in [0.3, 0.4) is 0 Å². The standard InChI is InChI=1S/C9H8F3N3O2S/c10-9(11,12)7-5-6(1-2-8(7)14)15-18(16,17)4-3-13/h1-2,5,15H,4,14H2. The van der Waals surface area contributed by atoms with Crippen LogP contribution >= 0.6 is 0 Å². The summed E-state index contributed by atoms with van der Waals surface area (Å²) >= 11 is 0. The summed E-state index contributed by atoms with van der Waals surface area (Å²) in [6.07, 6.45) is -4.68. The van der Waals surface area contributed by atoms with E-state index in [9.17, 15) is 21.6 Å². The molecule has 5 nitrogen and oxygen atoms in total. The molecule has 0 radical (unpaired) electrons. The van der Waals surface area contributed by atoms with Crippen molar-refractivity contribution in [3.63, 3.8) is 0 Å². The Hall–Kier alpha value is -1.95. The van der Waals surface area contributed by atoms with Gasteiger partial charge in [-0.15, -0.1) is 0 Å². The van der Waals surface area contributed by atoms with Crippen LogP contribution in [0.4, 0.5) is 24.5 Å². The number of rotatable bonds is 3. The van der Waals surface area contributed by atoms with E-state index in [4.69, 9.17) is 11.0 Å². The van der Waals surface area contributed by atoms with Gasteiger partial charge in [0.1, 0.15) is 0 Å². The number of nitrogens with zero attached hydrogens (tertiary/aromatic N) is 1. The van der Waals surface area contributed by atoms with Gasteiger partial charge in [-0.2, -0.15) is 18.4 Å². The number of benzene rings is 1. The lowest BCUT2D eigenvalue weighted by molar-refractivity contribution is -0.136. The van der Waals surface area contributed by atoms with Gasteiger partial charge in [0, 0.05) is 11.4 Å². The fourth-order valence-electron chi connectivity index (χ4n) is 1.17. The molecule has 18 heavy (non-hydrogen) atoms. The Morgan fingerprint density at radius 1 is 1.39 bits per heavy atom. The van der Waals surface area contributed by atoms with Crippen LogP contribution in [0.2, 0.25) is 0 Å². The summed E-state index contributed by atoms with van der Waals surface area (Å²) in [6, 6.07) is 3.98. The van der Waals surface area contributed by atoms with Gasteiger partial charge in [0.2, 0.25) is 10.0 Å². The zero-order chi connectivity index (χ0) is 14.0. The summed E-state index contributed by atoms with van der Waals surface area (Å²) in [5.41, 5.74) is 3.20. The number of nitrogens with two attached hydrogens (primary N) is 1. The third-order valence-corrected chi connectivity index (χ3v) is 2.94. The molecule has 98 valence electrons. The second-order valence-electron chi connectivity index (χ2n) is 3.32. The maximum atomic E-state index is 12.5. The first-order valence-electron chi connectivity index (χ1n) is 4.50. The lowest BCUT2D eigenvalue weighted by Crippen LogP contribution is -2.16. The Kier molecular flexibility index (Phi) is 3.71. The third-order valence-electron chi connectivity index (χ3n) is 1.89. The van der Waals surface area contributed by atoms with Crippen LogP contribution in [0.15, 0.2) is 18.2 Å². The zero-order valence-corrected chi connectivity index (χ0v) is 9.64. The number of halogens is 3. The highest BCUT2D eigenvalue weighted by atomic mass is 32.2. The number of alkyl halides is 3. The number of hydrogen-bond acceptors (Lipinski definition) is 4. The molecule has 0 heterocycles. The molecule has 1 rings (SSSR count). The van der Waals surface area contributed by atoms with Gasteiger partial charge in [-0.1, -0.05) is 0 Å². The largest absolute Gasteiger partial charge is 0.418 e. The number of sulfonamides is 1. The summed E-state index contributed by atoms with van der Waals surface area (Å²) < 4.78 is 61.8. The second kappa shape index (κ2) is 4.73. The van der Waals surface area contributed by atoms with Crippen molar-refractivity contribution >= 4 is 21.4 Å². The molecular formula is C9H8F3N3O2S. The van der Waals surface area contributed by atoms with Gasteiger partial charge in [-0.3, -0.25) is 4.72 Å². The molecule has 9 heteroatoms. The van der Waals surface area contributed by atoms with Gasteiger partial charge in [0.15, 0.2) is 5.75 Å². The average Bonchev–Trinajstić information content (AvgIpc) is 2.18. The highest BCUT2D eigenvalue weighted by molar-refractivity contribution is 7.92. The Morgan fingerprint density at radius 3 is 2.50 bits per heavy atom. The normalized spacial score (nSPS) is 11.9. The van der Waals surface area contributed by atoms with Crippen LogP contribution in [0.5, 0.6) is 0 Å². The summed E-state index contributed by atoms with van der Waals surface area (Å²) in [6.45, 7) is 0. The number of anilines is 2. The Labute approximate surface area is 101 Å². The van der Waals surface area contributed by atoms with Gasteiger partial charge in [0.05, 0.1) is 11.6 Å². The summed E-state index contributed by atoms with van der Waals surface area (Å²) in [5, 5.41) is 8.24. The molecular weight excluding hydrogens is 271 g/mol. The van der Waals surface area contributed by atoms with Crippen molar-refractivity contribution in [1.29, 1.82) is 5.26 Å². The molecule has 0 fully saturated rings. The van der Waals surface area contributed by atoms with E-state index < -0.39 is 33.2 Å². The van der Waals surface area contributed by atoms with E-state index in [0.717, 1.165) is 12.1 Å². The zero-order valence-electron chi connectivity index (χ0n) is 8.82. The van der Waals surface area contributed by atoms with Crippen LogP contribution in [-0.4, -0.2) is 14.2 Å². The van der Waals surface area contributed by atoms with E-state index in [1.54, 1.807) is 0 Å². The first-order chi connectivity index (χ1) is 8.15. The van der Waals surface area contributed by atoms with Crippen molar-refractivity contribution in [2.75, 3.05) is 16.2 Å². The topological polar surface area (TPSA) is 96.0 Å². The SMILES string of the molecule is N#CCS(=O)(=O)Nc1ccc(N)c(C(F)(F)F)c1. The van der Waals surface area contributed by atoms with Crippen LogP contribution < -0.4 is 10.5 Å². The third kappa shape index (κ3) is 3.53. The average molecular weight is 279 g/mol. The molecule has 0 aliphatic heterocycles. The van der Waals surface area contributed by atoms with Gasteiger partial charge in [-0.05, 0) is 18.2 Å². The minimum atomic E-state index is -4.68. The minimum absolute atomic E-state index is 0.299. The van der Waals surface area contributed by atoms with E-state index in [1.165, 1.54) is 6.07 Å². The monoisotopic (exact) mass is 279 g/mol. The molecule has 3 N–H and O–H groups in total. The van der Waals surface area contributed by atoms with E-state index in [0.29, 0.717) is 6.07 Å². The molecule has 0 saturated heterocycles. The lowest BCUT2D eigenvalue weighted by atomic mass is 10.1. The van der Waals surface area contributed by atoms with Crippen molar-refractivity contribution < 1.29 is 21.6 Å². The number of nitrogen functional groups attached to an aromatic ring is 1. The van der Waals surface area contributed by atoms with Crippen LogP contribution in [0.25, 0.3) is 0 Å². The van der Waals surface area contributed by atoms with Gasteiger partial charge < -0.3 is 5.73 Å². The summed E-state index contributed by atoms with van der Waals surface area (Å²) in [4.78, 5) is 0. The van der Waals surface area contributed by atoms with Crippen molar-refractivity contribution in [3.05, 3.63) is 23.8 Å². The first-order valence-corrected chi connectivity index (χ1v) is 6.15. The molecule has 0 unspecified atom stereocenters. The molecule has 0 spiro atoms. The van der Waals surface area contributed by atoms with Crippen LogP contribution in [0, 0.1) is 11.3 Å². The molecule has 0 amide bonds. The van der Waals surface area contributed by atoms with Crippen molar-refractivity contribution in [2.45, 2.75) is 6.18 Å². The molecule has 0 aliphatic rings. The van der Waals surface area contributed by atoms with Crippen LogP contribution in [0.1, 0.15) is 5.56 Å². The molecule has 0 bridgehead atoms. The Bertz CT molecular complexity index is 590. The Balaban J connectivity index is 3.12. The summed E-state index contributed by atoms with van der Waals surface area (Å²) in [7, 11) is -3.98. The maximum Gasteiger partial charge on any atom is 0.418 e. The predicted octanol–water partition coefficient (Wildman–Crippen LogP) is 1.55. The highest BCUT2D eigenvalue weighted by Crippen LogP contribution is 2.35. The Morgan fingerprint density at radius 2 is 2.00 bits per heavy atom. The van der Waals surface area contributed by atoms with E-state index in [-0.39, 0.29) is 5.69 Å².